The number of aliphatic hydroxyl groups excluding tert-OH is 2. The predicted octanol–water partition coefficient (Wildman–Crippen LogP) is 11.8. The summed E-state index contributed by atoms with van der Waals surface area (Å²) in [4.78, 5) is 23.9. The first-order valence-electron chi connectivity index (χ1n) is 20.5. The molecule has 0 radical (unpaired) electrons. The third-order valence-electron chi connectivity index (χ3n) is 8.48. The van der Waals surface area contributed by atoms with Crippen molar-refractivity contribution in [1.82, 2.24) is 0 Å². The van der Waals surface area contributed by atoms with Crippen LogP contribution in [0.2, 0.25) is 0 Å². The second-order valence-electron chi connectivity index (χ2n) is 14.1. The number of allylic oxidation sites excluding steroid dienone is 10. The van der Waals surface area contributed by atoms with Crippen molar-refractivity contribution in [1.29, 1.82) is 0 Å². The van der Waals surface area contributed by atoms with Gasteiger partial charge in [0.25, 0.3) is 0 Å². The third-order valence-corrected chi connectivity index (χ3v) is 8.48. The van der Waals surface area contributed by atoms with E-state index in [1.54, 1.807) is 6.08 Å². The first-order chi connectivity index (χ1) is 24.8. The van der Waals surface area contributed by atoms with Crippen LogP contribution in [0.3, 0.4) is 0 Å². The Morgan fingerprint density at radius 3 is 1.59 bits per heavy atom. The lowest BCUT2D eigenvalue weighted by Gasteiger charge is -2.12. The van der Waals surface area contributed by atoms with Gasteiger partial charge in [-0.25, -0.2) is 0 Å². The van der Waals surface area contributed by atoms with Gasteiger partial charge in [0.05, 0.1) is 6.10 Å². The van der Waals surface area contributed by atoms with E-state index in [0.29, 0.717) is 19.3 Å². The highest BCUT2D eigenvalue weighted by Gasteiger charge is 2.11. The maximum absolute atomic E-state index is 12.0. The fourth-order valence-electron chi connectivity index (χ4n) is 5.38. The van der Waals surface area contributed by atoms with Crippen LogP contribution in [0.15, 0.2) is 72.9 Å². The van der Waals surface area contributed by atoms with E-state index in [2.05, 4.69) is 51.2 Å². The van der Waals surface area contributed by atoms with Gasteiger partial charge in [-0.2, -0.15) is 0 Å². The van der Waals surface area contributed by atoms with Crippen LogP contribution in [0.25, 0.3) is 0 Å². The summed E-state index contributed by atoms with van der Waals surface area (Å²) >= 11 is 0. The van der Waals surface area contributed by atoms with Gasteiger partial charge in [0, 0.05) is 12.8 Å². The summed E-state index contributed by atoms with van der Waals surface area (Å²) in [6.45, 7) is 6.40. The minimum atomic E-state index is -1.01. The molecule has 6 heteroatoms. The minimum Gasteiger partial charge on any atom is -0.463 e. The molecule has 0 aromatic rings. The van der Waals surface area contributed by atoms with E-state index in [1.807, 2.05) is 36.5 Å². The molecular formula is C45H76O6. The number of rotatable bonds is 35. The summed E-state index contributed by atoms with van der Waals surface area (Å²) in [7, 11) is 0. The molecule has 0 saturated heterocycles. The van der Waals surface area contributed by atoms with Crippen LogP contribution >= 0.6 is 0 Å². The molecule has 6 nitrogen and oxygen atoms in total. The van der Waals surface area contributed by atoms with Gasteiger partial charge in [-0.3, -0.25) is 9.59 Å². The van der Waals surface area contributed by atoms with Crippen LogP contribution in [0.4, 0.5) is 0 Å². The van der Waals surface area contributed by atoms with Gasteiger partial charge < -0.3 is 19.7 Å². The van der Waals surface area contributed by atoms with Gasteiger partial charge in [-0.1, -0.05) is 184 Å². The minimum absolute atomic E-state index is 0.154. The average molecular weight is 713 g/mol. The van der Waals surface area contributed by atoms with Gasteiger partial charge in [0.2, 0.25) is 0 Å². The van der Waals surface area contributed by atoms with Crippen molar-refractivity contribution in [2.24, 2.45) is 5.92 Å². The van der Waals surface area contributed by atoms with E-state index < -0.39 is 12.2 Å². The first kappa shape index (κ1) is 48.3. The quantitative estimate of drug-likeness (QED) is 0.0294. The van der Waals surface area contributed by atoms with Crippen molar-refractivity contribution in [2.75, 3.05) is 13.2 Å². The van der Waals surface area contributed by atoms with Gasteiger partial charge in [0.15, 0.2) is 0 Å². The van der Waals surface area contributed by atoms with Crippen LogP contribution in [0.5, 0.6) is 0 Å². The molecule has 1 unspecified atom stereocenters. The Morgan fingerprint density at radius 2 is 1.02 bits per heavy atom. The number of hydrogen-bond donors (Lipinski definition) is 2. The van der Waals surface area contributed by atoms with Gasteiger partial charge >= 0.3 is 11.9 Å². The molecule has 0 rings (SSSR count). The second kappa shape index (κ2) is 38.5. The normalized spacial score (nSPS) is 13.7. The molecule has 0 spiro atoms. The van der Waals surface area contributed by atoms with Crippen molar-refractivity contribution in [3.05, 3.63) is 72.9 Å². The number of esters is 2. The molecule has 0 saturated carbocycles. The molecule has 2 N–H and O–H groups in total. The summed E-state index contributed by atoms with van der Waals surface area (Å²) in [6, 6.07) is 0. The Kier molecular flexibility index (Phi) is 36.5. The zero-order valence-electron chi connectivity index (χ0n) is 32.9. The van der Waals surface area contributed by atoms with Crippen molar-refractivity contribution in [3.8, 4) is 0 Å². The maximum atomic E-state index is 12.0. The van der Waals surface area contributed by atoms with Crippen molar-refractivity contribution in [3.63, 3.8) is 0 Å². The van der Waals surface area contributed by atoms with Gasteiger partial charge in [-0.05, 0) is 50.9 Å². The molecule has 0 amide bonds. The Balaban J connectivity index is 3.62. The van der Waals surface area contributed by atoms with E-state index in [9.17, 15) is 19.8 Å². The maximum Gasteiger partial charge on any atom is 0.306 e. The SMILES string of the molecule is CC/C=C\C/C=C\CC(O)/C=C/C=C\C/C=C\C/C=C\CCC(=O)OC[C@H](O)COC(=O)CCCCCCCCCCCCCCCCC(C)C. The van der Waals surface area contributed by atoms with Crippen LogP contribution in [-0.4, -0.2) is 47.6 Å². The lowest BCUT2D eigenvalue weighted by Crippen LogP contribution is -2.25. The van der Waals surface area contributed by atoms with Crippen LogP contribution in [0, 0.1) is 5.92 Å². The first-order valence-corrected chi connectivity index (χ1v) is 20.5. The van der Waals surface area contributed by atoms with E-state index in [-0.39, 0.29) is 31.6 Å². The van der Waals surface area contributed by atoms with Crippen molar-refractivity contribution in [2.45, 2.75) is 181 Å². The number of ether oxygens (including phenoxy) is 2. The Morgan fingerprint density at radius 1 is 0.549 bits per heavy atom. The fraction of sp³-hybridized carbons (Fsp3) is 0.689. The molecule has 0 fully saturated rings. The number of carbonyl (C=O) groups excluding carboxylic acids is 2. The molecule has 0 heterocycles. The number of unbranched alkanes of at least 4 members (excludes halogenated alkanes) is 13. The summed E-state index contributed by atoms with van der Waals surface area (Å²) in [5.41, 5.74) is 0. The molecule has 292 valence electrons. The zero-order chi connectivity index (χ0) is 37.5. The van der Waals surface area contributed by atoms with Crippen molar-refractivity contribution < 1.29 is 29.3 Å². The molecule has 0 aliphatic rings. The third kappa shape index (κ3) is 39.9. The van der Waals surface area contributed by atoms with Gasteiger partial charge in [-0.15, -0.1) is 0 Å². The smallest absolute Gasteiger partial charge is 0.306 e. The number of carbonyl (C=O) groups is 2. The monoisotopic (exact) mass is 713 g/mol. The summed E-state index contributed by atoms with van der Waals surface area (Å²) in [5, 5.41) is 20.0. The predicted molar refractivity (Wildman–Crippen MR) is 215 cm³/mol. The highest BCUT2D eigenvalue weighted by molar-refractivity contribution is 5.70. The van der Waals surface area contributed by atoms with Crippen LogP contribution < -0.4 is 0 Å². The standard InChI is InChI=1S/C45H76O6/c1-4-5-6-7-25-30-35-42(46)36-31-26-21-17-14-15-19-23-28-33-38-45(49)51-40-43(47)39-50-44(48)37-32-27-22-18-13-11-9-8-10-12-16-20-24-29-34-41(2)3/h5-6,14-15,21,23,25-26,28,30-31,36,41-43,46-47H,4,7-13,16-20,22,24,27,29,32-35,37-40H2,1-3H3/b6-5-,15-14-,26-21-,28-23-,30-25-,36-31+/t42?,43-/m1/s1. The van der Waals surface area contributed by atoms with Crippen LogP contribution in [0.1, 0.15) is 168 Å². The lowest BCUT2D eigenvalue weighted by atomic mass is 10.0. The Hall–Kier alpha value is -2.70. The molecular weight excluding hydrogens is 636 g/mol. The summed E-state index contributed by atoms with van der Waals surface area (Å²) < 4.78 is 10.3. The molecule has 2 atom stereocenters. The summed E-state index contributed by atoms with van der Waals surface area (Å²) in [5.74, 6) is 0.153. The van der Waals surface area contributed by atoms with Crippen molar-refractivity contribution >= 4 is 11.9 Å². The highest BCUT2D eigenvalue weighted by Crippen LogP contribution is 2.15. The van der Waals surface area contributed by atoms with E-state index in [0.717, 1.165) is 50.9 Å². The van der Waals surface area contributed by atoms with E-state index >= 15 is 0 Å². The van der Waals surface area contributed by atoms with E-state index in [4.69, 9.17) is 9.47 Å². The lowest BCUT2D eigenvalue weighted by molar-refractivity contribution is -0.152. The average Bonchev–Trinajstić information content (AvgIpc) is 3.11. The fourth-order valence-corrected chi connectivity index (χ4v) is 5.38. The van der Waals surface area contributed by atoms with Crippen LogP contribution in [-0.2, 0) is 19.1 Å². The number of aliphatic hydroxyl groups is 2. The largest absolute Gasteiger partial charge is 0.463 e. The number of hydrogen-bond acceptors (Lipinski definition) is 6. The second-order valence-corrected chi connectivity index (χ2v) is 14.1. The Labute approximate surface area is 313 Å². The molecule has 0 aliphatic heterocycles. The van der Waals surface area contributed by atoms with E-state index in [1.165, 1.54) is 77.0 Å². The zero-order valence-corrected chi connectivity index (χ0v) is 32.9. The van der Waals surface area contributed by atoms with Gasteiger partial charge in [0.1, 0.15) is 19.3 Å². The Bertz CT molecular complexity index is 973. The summed E-state index contributed by atoms with van der Waals surface area (Å²) in [6.07, 6.45) is 47.1. The molecule has 0 aromatic carbocycles. The molecule has 0 aliphatic carbocycles. The topological polar surface area (TPSA) is 93.1 Å². The molecule has 0 aromatic heterocycles. The molecule has 0 bridgehead atoms. The molecule has 51 heavy (non-hydrogen) atoms. The highest BCUT2D eigenvalue weighted by atomic mass is 16.6.